The van der Waals surface area contributed by atoms with E-state index in [-0.39, 0.29) is 37.9 Å². The fourth-order valence-electron chi connectivity index (χ4n) is 4.31. The quantitative estimate of drug-likeness (QED) is 0.315. The maximum atomic E-state index is 13.4. The third-order valence-electron chi connectivity index (χ3n) is 6.25. The summed E-state index contributed by atoms with van der Waals surface area (Å²) in [7, 11) is 0. The van der Waals surface area contributed by atoms with E-state index in [1.54, 1.807) is 35.2 Å². The van der Waals surface area contributed by atoms with Crippen molar-refractivity contribution in [1.29, 1.82) is 15.8 Å². The van der Waals surface area contributed by atoms with Crippen LogP contribution in [0, 0.1) is 34.0 Å². The van der Waals surface area contributed by atoms with Crippen molar-refractivity contribution in [2.24, 2.45) is 0 Å². The lowest BCUT2D eigenvalue weighted by Crippen LogP contribution is -2.29. The molecule has 0 bridgehead atoms. The number of carbonyl (C=O) groups is 1. The summed E-state index contributed by atoms with van der Waals surface area (Å²) in [5.41, 5.74) is -4.75. The zero-order valence-electron chi connectivity index (χ0n) is 22.0. The fourth-order valence-corrected chi connectivity index (χ4v) is 4.31. The molecule has 14 heteroatoms. The number of hydrogen-bond donors (Lipinski definition) is 2. The highest BCUT2D eigenvalue weighted by molar-refractivity contribution is 6.05. The van der Waals surface area contributed by atoms with Gasteiger partial charge in [-0.2, -0.15) is 42.1 Å². The van der Waals surface area contributed by atoms with E-state index in [0.717, 1.165) is 0 Å². The van der Waals surface area contributed by atoms with Gasteiger partial charge in [0.05, 0.1) is 47.7 Å². The average Bonchev–Trinajstić information content (AvgIpc) is 3.21. The molecule has 1 aliphatic heterocycles. The van der Waals surface area contributed by atoms with Gasteiger partial charge in [-0.05, 0) is 47.5 Å². The molecule has 2 aromatic carbocycles. The molecule has 43 heavy (non-hydrogen) atoms. The summed E-state index contributed by atoms with van der Waals surface area (Å²) in [6.07, 6.45) is -7.71. The highest BCUT2D eigenvalue weighted by Crippen LogP contribution is 2.38. The summed E-state index contributed by atoms with van der Waals surface area (Å²) in [6, 6.07) is 12.0. The molecule has 0 aromatic heterocycles. The van der Waals surface area contributed by atoms with Crippen LogP contribution in [-0.4, -0.2) is 47.3 Å². The lowest BCUT2D eigenvalue weighted by molar-refractivity contribution is -0.143. The van der Waals surface area contributed by atoms with Crippen molar-refractivity contribution in [1.82, 2.24) is 4.90 Å². The Morgan fingerprint density at radius 3 is 1.84 bits per heavy atom. The minimum absolute atomic E-state index is 0.0761. The van der Waals surface area contributed by atoms with Crippen molar-refractivity contribution in [2.45, 2.75) is 18.9 Å². The number of anilines is 1. The molecule has 1 aliphatic rings. The summed E-state index contributed by atoms with van der Waals surface area (Å²) >= 11 is 0. The molecule has 0 spiro atoms. The van der Waals surface area contributed by atoms with Crippen LogP contribution >= 0.6 is 0 Å². The fraction of sp³-hybridized carbons (Fsp3) is 0.241. The van der Waals surface area contributed by atoms with Crippen molar-refractivity contribution in [3.8, 4) is 18.2 Å². The van der Waals surface area contributed by atoms with E-state index in [1.165, 1.54) is 24.3 Å². The molecule has 222 valence electrons. The Balaban J connectivity index is 2.06. The van der Waals surface area contributed by atoms with E-state index >= 15 is 0 Å². The minimum atomic E-state index is -5.15. The van der Waals surface area contributed by atoms with Crippen LogP contribution in [0.25, 0.3) is 6.08 Å². The number of alkyl halides is 6. The second kappa shape index (κ2) is 13.3. The van der Waals surface area contributed by atoms with E-state index in [1.807, 2.05) is 0 Å². The van der Waals surface area contributed by atoms with Gasteiger partial charge in [0.25, 0.3) is 5.91 Å². The summed E-state index contributed by atoms with van der Waals surface area (Å²) in [4.78, 5) is 15.7. The number of carbonyl (C=O) groups excluding carboxylic acids is 1. The van der Waals surface area contributed by atoms with Gasteiger partial charge in [-0.1, -0.05) is 18.2 Å². The van der Waals surface area contributed by atoms with Gasteiger partial charge in [0.15, 0.2) is 5.57 Å². The van der Waals surface area contributed by atoms with Gasteiger partial charge in [0.2, 0.25) is 0 Å². The smallest absolute Gasteiger partial charge is 0.395 e. The van der Waals surface area contributed by atoms with Crippen LogP contribution < -0.4 is 4.90 Å². The third-order valence-corrected chi connectivity index (χ3v) is 6.25. The van der Waals surface area contributed by atoms with Gasteiger partial charge < -0.3 is 20.0 Å². The molecular weight excluding hydrogens is 580 g/mol. The Labute approximate surface area is 241 Å². The molecular formula is C29H21F6N5O3. The molecule has 0 aliphatic carbocycles. The number of nitriles is 3. The molecule has 2 aromatic rings. The number of aliphatic hydroxyl groups excluding tert-OH is 2. The van der Waals surface area contributed by atoms with E-state index < -0.39 is 58.3 Å². The Kier molecular flexibility index (Phi) is 9.99. The highest BCUT2D eigenvalue weighted by Gasteiger charge is 2.39. The van der Waals surface area contributed by atoms with Gasteiger partial charge in [-0.25, -0.2) is 0 Å². The lowest BCUT2D eigenvalue weighted by atomic mass is 10.0. The van der Waals surface area contributed by atoms with Gasteiger partial charge in [0.1, 0.15) is 18.2 Å². The summed E-state index contributed by atoms with van der Waals surface area (Å²) < 4.78 is 80.4. The number of hydrogen-bond acceptors (Lipinski definition) is 7. The van der Waals surface area contributed by atoms with E-state index in [0.29, 0.717) is 28.3 Å². The lowest BCUT2D eigenvalue weighted by Gasteiger charge is -2.22. The van der Waals surface area contributed by atoms with E-state index in [4.69, 9.17) is 0 Å². The summed E-state index contributed by atoms with van der Waals surface area (Å²) in [6.45, 7) is -0.718. The van der Waals surface area contributed by atoms with Crippen LogP contribution in [0.15, 0.2) is 71.0 Å². The first kappa shape index (κ1) is 32.4. The second-order valence-electron chi connectivity index (χ2n) is 9.01. The number of benzene rings is 2. The first-order chi connectivity index (χ1) is 20.3. The van der Waals surface area contributed by atoms with Gasteiger partial charge in [-0.3, -0.25) is 4.79 Å². The average molecular weight is 602 g/mol. The Bertz CT molecular complexity index is 1550. The largest absolute Gasteiger partial charge is 0.416 e. The predicted octanol–water partition coefficient (Wildman–Crippen LogP) is 4.69. The number of rotatable bonds is 9. The predicted molar refractivity (Wildman–Crippen MR) is 140 cm³/mol. The Morgan fingerprint density at radius 2 is 1.40 bits per heavy atom. The van der Waals surface area contributed by atoms with Gasteiger partial charge >= 0.3 is 12.4 Å². The molecule has 1 amide bonds. The molecule has 0 saturated carbocycles. The van der Waals surface area contributed by atoms with Gasteiger partial charge in [0, 0.05) is 18.8 Å². The second-order valence-corrected chi connectivity index (χ2v) is 9.01. The Morgan fingerprint density at radius 1 is 0.860 bits per heavy atom. The highest BCUT2D eigenvalue weighted by atomic mass is 19.4. The van der Waals surface area contributed by atoms with Crippen LogP contribution in [0.4, 0.5) is 32.0 Å². The maximum absolute atomic E-state index is 13.4. The molecule has 3 rings (SSSR count). The molecule has 0 fully saturated rings. The molecule has 2 N–H and O–H groups in total. The number of nitrogens with zero attached hydrogens (tertiary/aromatic N) is 5. The van der Waals surface area contributed by atoms with Crippen molar-refractivity contribution in [3.63, 3.8) is 0 Å². The van der Waals surface area contributed by atoms with Crippen molar-refractivity contribution in [3.05, 3.63) is 93.2 Å². The monoisotopic (exact) mass is 601 g/mol. The molecule has 0 saturated heterocycles. The first-order valence-corrected chi connectivity index (χ1v) is 12.3. The van der Waals surface area contributed by atoms with Crippen LogP contribution in [0.5, 0.6) is 0 Å². The summed E-state index contributed by atoms with van der Waals surface area (Å²) in [5, 5.41) is 47.2. The SMILES string of the molecule is N#CC(C#N)=C1C(C#N)=C(/C=C/c2ccc(N(CCO)CCO)cc2)C(=O)N1Cc1cc(C(F)(F)F)cc(C(F)(F)F)c1. The van der Waals surface area contributed by atoms with Crippen molar-refractivity contribution < 1.29 is 41.4 Å². The zero-order chi connectivity index (χ0) is 31.9. The van der Waals surface area contributed by atoms with Crippen LogP contribution in [0.1, 0.15) is 22.3 Å². The summed E-state index contributed by atoms with van der Waals surface area (Å²) in [5.74, 6) is -1.02. The first-order valence-electron chi connectivity index (χ1n) is 12.3. The Hall–Kier alpha value is -5.10. The van der Waals surface area contributed by atoms with Gasteiger partial charge in [-0.15, -0.1) is 0 Å². The third kappa shape index (κ3) is 7.41. The van der Waals surface area contributed by atoms with E-state index in [2.05, 4.69) is 0 Å². The molecule has 1 heterocycles. The zero-order valence-corrected chi connectivity index (χ0v) is 22.0. The topological polar surface area (TPSA) is 135 Å². The van der Waals surface area contributed by atoms with Crippen LogP contribution in [-0.2, 0) is 23.7 Å². The number of halogens is 6. The standard InChI is InChI=1S/C29H21F6N5O3/c30-28(31,32)21-11-19(12-22(13-21)29(33,34)35)17-40-26(20(14-36)15-37)25(16-38)24(27(40)43)6-3-18-1-4-23(5-2-18)39(7-9-41)8-10-42/h1-6,11-13,41-42H,7-10,17H2/b6-3+. The van der Waals surface area contributed by atoms with Crippen LogP contribution in [0.2, 0.25) is 0 Å². The number of amides is 1. The molecule has 0 atom stereocenters. The van der Waals surface area contributed by atoms with Crippen LogP contribution in [0.3, 0.4) is 0 Å². The molecule has 0 unspecified atom stereocenters. The van der Waals surface area contributed by atoms with Crippen molar-refractivity contribution in [2.75, 3.05) is 31.2 Å². The maximum Gasteiger partial charge on any atom is 0.416 e. The molecule has 8 nitrogen and oxygen atoms in total. The number of allylic oxidation sites excluding steroid dienone is 2. The molecule has 0 radical (unpaired) electrons. The number of aliphatic hydroxyl groups is 2. The van der Waals surface area contributed by atoms with Crippen molar-refractivity contribution >= 4 is 17.7 Å². The van der Waals surface area contributed by atoms with E-state index in [9.17, 15) is 57.1 Å². The minimum Gasteiger partial charge on any atom is -0.395 e. The normalized spacial score (nSPS) is 13.7.